The van der Waals surface area contributed by atoms with Gasteiger partial charge < -0.3 is 9.42 Å². The molecule has 4 amide bonds. The lowest BCUT2D eigenvalue weighted by atomic mass is 9.68. The fourth-order valence-corrected chi connectivity index (χ4v) is 4.93. The number of halogens is 2. The Bertz CT molecular complexity index is 1070. The van der Waals surface area contributed by atoms with E-state index < -0.39 is 35.1 Å². The Balaban J connectivity index is 1.75. The van der Waals surface area contributed by atoms with E-state index in [2.05, 4.69) is 20.7 Å². The number of nitrogens with zero attached hydrogens (tertiary/aromatic N) is 3. The number of amides is 4. The van der Waals surface area contributed by atoms with Crippen molar-refractivity contribution in [3.63, 3.8) is 0 Å². The van der Waals surface area contributed by atoms with Crippen molar-refractivity contribution in [1.82, 2.24) is 20.7 Å². The molecular formula is C18H17ClFN5O4. The van der Waals surface area contributed by atoms with Crippen molar-refractivity contribution in [3.8, 4) is 0 Å². The first-order valence-corrected chi connectivity index (χ1v) is 9.66. The SMILES string of the molecule is CCN1CCN2c3c(cc4c(Cl)noc4c3F)CC3(C(=O)NC(=O)NC3=O)C2C1. The molecule has 1 atom stereocenters. The van der Waals surface area contributed by atoms with Gasteiger partial charge in [0.05, 0.1) is 17.1 Å². The van der Waals surface area contributed by atoms with Crippen LogP contribution in [0.4, 0.5) is 14.9 Å². The molecule has 0 aliphatic carbocycles. The zero-order valence-corrected chi connectivity index (χ0v) is 16.2. The highest BCUT2D eigenvalue weighted by molar-refractivity contribution is 6.34. The van der Waals surface area contributed by atoms with Crippen molar-refractivity contribution >= 4 is 46.1 Å². The average molecular weight is 422 g/mol. The van der Waals surface area contributed by atoms with Crippen LogP contribution in [0.1, 0.15) is 12.5 Å². The third-order valence-corrected chi connectivity index (χ3v) is 6.49. The Morgan fingerprint density at radius 2 is 2.03 bits per heavy atom. The Kier molecular flexibility index (Phi) is 3.88. The summed E-state index contributed by atoms with van der Waals surface area (Å²) >= 11 is 6.02. The number of carbonyl (C=O) groups is 3. The molecule has 2 fully saturated rings. The highest BCUT2D eigenvalue weighted by Crippen LogP contribution is 2.47. The van der Waals surface area contributed by atoms with Crippen LogP contribution >= 0.6 is 11.6 Å². The Morgan fingerprint density at radius 3 is 2.72 bits per heavy atom. The minimum Gasteiger partial charge on any atom is -0.362 e. The molecule has 1 aromatic carbocycles. The lowest BCUT2D eigenvalue weighted by molar-refractivity contribution is -0.147. The van der Waals surface area contributed by atoms with Crippen molar-refractivity contribution in [2.45, 2.75) is 19.4 Å². The number of fused-ring (bicyclic) bond motifs is 5. The van der Waals surface area contributed by atoms with Gasteiger partial charge in [0.25, 0.3) is 0 Å². The third kappa shape index (κ3) is 2.35. The molecular weight excluding hydrogens is 405 g/mol. The lowest BCUT2D eigenvalue weighted by Crippen LogP contribution is -2.74. The first-order chi connectivity index (χ1) is 13.9. The number of hydrogen-bond acceptors (Lipinski definition) is 7. The quantitative estimate of drug-likeness (QED) is 0.662. The van der Waals surface area contributed by atoms with Gasteiger partial charge in [-0.25, -0.2) is 9.18 Å². The van der Waals surface area contributed by atoms with E-state index in [1.165, 1.54) is 0 Å². The molecule has 9 nitrogen and oxygen atoms in total. The number of benzene rings is 1. The predicted octanol–water partition coefficient (Wildman–Crippen LogP) is 1.04. The van der Waals surface area contributed by atoms with Crippen LogP contribution in [-0.2, 0) is 16.0 Å². The minimum atomic E-state index is -1.57. The van der Waals surface area contributed by atoms with E-state index in [1.54, 1.807) is 11.0 Å². The first-order valence-electron chi connectivity index (χ1n) is 9.29. The van der Waals surface area contributed by atoms with Crippen molar-refractivity contribution in [2.75, 3.05) is 31.1 Å². The maximum absolute atomic E-state index is 15.4. The van der Waals surface area contributed by atoms with Gasteiger partial charge >= 0.3 is 6.03 Å². The highest BCUT2D eigenvalue weighted by Gasteiger charge is 2.61. The Labute approximate surface area is 169 Å². The largest absolute Gasteiger partial charge is 0.362 e. The van der Waals surface area contributed by atoms with Crippen LogP contribution in [0.5, 0.6) is 0 Å². The zero-order valence-electron chi connectivity index (χ0n) is 15.4. The highest BCUT2D eigenvalue weighted by atomic mass is 35.5. The summed E-state index contributed by atoms with van der Waals surface area (Å²) in [5.74, 6) is -1.97. The fourth-order valence-electron chi connectivity index (χ4n) is 4.76. The molecule has 152 valence electrons. The number of carbonyl (C=O) groups excluding carboxylic acids is 3. The van der Waals surface area contributed by atoms with Gasteiger partial charge in [0, 0.05) is 19.6 Å². The third-order valence-electron chi connectivity index (χ3n) is 6.22. The van der Waals surface area contributed by atoms with Gasteiger partial charge in [-0.2, -0.15) is 0 Å². The normalized spacial score (nSPS) is 23.8. The van der Waals surface area contributed by atoms with Gasteiger partial charge in [0.15, 0.2) is 16.4 Å². The average Bonchev–Trinajstić information content (AvgIpc) is 3.06. The smallest absolute Gasteiger partial charge is 0.328 e. The van der Waals surface area contributed by atoms with Gasteiger partial charge in [-0.05, 0) is 24.6 Å². The number of piperazine rings is 1. The molecule has 2 N–H and O–H groups in total. The van der Waals surface area contributed by atoms with Crippen LogP contribution in [0, 0.1) is 11.2 Å². The molecule has 0 radical (unpaired) electrons. The summed E-state index contributed by atoms with van der Waals surface area (Å²) < 4.78 is 20.5. The van der Waals surface area contributed by atoms with Gasteiger partial charge in [-0.1, -0.05) is 23.7 Å². The monoisotopic (exact) mass is 421 g/mol. The summed E-state index contributed by atoms with van der Waals surface area (Å²) in [5.41, 5.74) is -0.900. The summed E-state index contributed by atoms with van der Waals surface area (Å²) in [5, 5.41) is 8.34. The Hall–Kier alpha value is -2.72. The second kappa shape index (κ2) is 6.14. The number of aromatic nitrogens is 1. The standard InChI is InChI=1S/C18H17ClFN5O4/c1-2-24-3-4-25-10(7-24)18(15(26)21-17(28)22-16(18)27)6-8-5-9-13(11(20)12(8)25)29-23-14(9)19/h5,10H,2-4,6-7H2,1H3,(H2,21,22,26,27,28). The molecule has 4 heterocycles. The summed E-state index contributed by atoms with van der Waals surface area (Å²) in [7, 11) is 0. The number of anilines is 1. The van der Waals surface area contributed by atoms with E-state index in [4.69, 9.17) is 16.1 Å². The Morgan fingerprint density at radius 1 is 1.31 bits per heavy atom. The molecule has 11 heteroatoms. The van der Waals surface area contributed by atoms with Gasteiger partial charge in [0.2, 0.25) is 17.4 Å². The zero-order chi connectivity index (χ0) is 20.5. The summed E-state index contributed by atoms with van der Waals surface area (Å²) in [6, 6.07) is 0.102. The number of urea groups is 1. The van der Waals surface area contributed by atoms with E-state index in [0.29, 0.717) is 31.7 Å². The number of barbiturate groups is 1. The predicted molar refractivity (Wildman–Crippen MR) is 100 cm³/mol. The molecule has 1 spiro atoms. The topological polar surface area (TPSA) is 108 Å². The second-order valence-corrected chi connectivity index (χ2v) is 7.89. The van der Waals surface area contributed by atoms with Crippen molar-refractivity contribution in [2.24, 2.45) is 5.41 Å². The molecule has 2 aromatic rings. The van der Waals surface area contributed by atoms with Gasteiger partial charge in [-0.3, -0.25) is 25.1 Å². The van der Waals surface area contributed by atoms with E-state index in [0.717, 1.165) is 0 Å². The molecule has 0 bridgehead atoms. The van der Waals surface area contributed by atoms with Crippen LogP contribution in [0.3, 0.4) is 0 Å². The lowest BCUT2D eigenvalue weighted by Gasteiger charge is -2.54. The molecule has 1 aromatic heterocycles. The molecule has 3 aliphatic heterocycles. The van der Waals surface area contributed by atoms with Gasteiger partial charge in [0.1, 0.15) is 0 Å². The van der Waals surface area contributed by atoms with Gasteiger partial charge in [-0.15, -0.1) is 0 Å². The molecule has 5 rings (SSSR count). The van der Waals surface area contributed by atoms with Crippen molar-refractivity contribution < 1.29 is 23.3 Å². The van der Waals surface area contributed by atoms with Crippen LogP contribution < -0.4 is 15.5 Å². The maximum atomic E-state index is 15.4. The molecule has 2 saturated heterocycles. The second-order valence-electron chi connectivity index (χ2n) is 7.54. The number of rotatable bonds is 1. The molecule has 3 aliphatic rings. The van der Waals surface area contributed by atoms with Crippen LogP contribution in [0.2, 0.25) is 5.15 Å². The van der Waals surface area contributed by atoms with Crippen LogP contribution in [0.15, 0.2) is 10.6 Å². The maximum Gasteiger partial charge on any atom is 0.328 e. The van der Waals surface area contributed by atoms with Crippen LogP contribution in [0.25, 0.3) is 11.0 Å². The molecule has 1 unspecified atom stereocenters. The number of hydrogen-bond donors (Lipinski definition) is 2. The van der Waals surface area contributed by atoms with E-state index in [-0.39, 0.29) is 28.2 Å². The van der Waals surface area contributed by atoms with E-state index in [1.807, 2.05) is 6.92 Å². The fraction of sp³-hybridized carbons (Fsp3) is 0.444. The summed E-state index contributed by atoms with van der Waals surface area (Å²) in [6.07, 6.45) is -0.0691. The number of nitrogens with one attached hydrogen (secondary N) is 2. The van der Waals surface area contributed by atoms with Crippen molar-refractivity contribution in [3.05, 3.63) is 22.6 Å². The van der Waals surface area contributed by atoms with Crippen LogP contribution in [-0.4, -0.2) is 60.1 Å². The van der Waals surface area contributed by atoms with E-state index >= 15 is 4.39 Å². The van der Waals surface area contributed by atoms with E-state index in [9.17, 15) is 14.4 Å². The number of imide groups is 2. The summed E-state index contributed by atoms with van der Waals surface area (Å²) in [6.45, 7) is 4.12. The van der Waals surface area contributed by atoms with Crippen molar-refractivity contribution in [1.29, 1.82) is 0 Å². The molecule has 0 saturated carbocycles. The number of likely N-dealkylation sites (N-methyl/N-ethyl adjacent to an activating group) is 1. The molecule has 29 heavy (non-hydrogen) atoms. The minimum absolute atomic E-state index is 0.00130. The first kappa shape index (κ1) is 18.3. The summed E-state index contributed by atoms with van der Waals surface area (Å²) in [4.78, 5) is 41.6.